The van der Waals surface area contributed by atoms with Gasteiger partial charge in [-0.2, -0.15) is 5.26 Å². The molecule has 4 atom stereocenters. The Kier molecular flexibility index (Phi) is 17.6. The summed E-state index contributed by atoms with van der Waals surface area (Å²) in [7, 11) is 3.08. The van der Waals surface area contributed by atoms with Crippen LogP contribution in [0.15, 0.2) is 116 Å². The lowest BCUT2D eigenvalue weighted by atomic mass is 9.80. The lowest BCUT2D eigenvalue weighted by Crippen LogP contribution is -2.39. The Morgan fingerprint density at radius 3 is 2.10 bits per heavy atom. The number of nitrogens with one attached hydrogen (secondary N) is 1. The minimum absolute atomic E-state index is 0.0102. The second-order valence-electron chi connectivity index (χ2n) is 17.0. The van der Waals surface area contributed by atoms with Crippen LogP contribution >= 0.6 is 8.53 Å². The summed E-state index contributed by atoms with van der Waals surface area (Å²) in [5.41, 5.74) is 3.61. The molecule has 17 heteroatoms. The molecule has 1 fully saturated rings. The Morgan fingerprint density at radius 2 is 1.51 bits per heavy atom. The number of hydrogen-bond donors (Lipinski definition) is 1. The number of Topliss-reactive ketones (excluding diaryl/α,β-unsaturated/α-hetero) is 1. The number of methoxy groups -OCH3 is 3. The molecule has 0 bridgehead atoms. The second-order valence-corrected chi connectivity index (χ2v) is 18.4. The normalized spacial score (nSPS) is 16.5. The van der Waals surface area contributed by atoms with Gasteiger partial charge in [0.2, 0.25) is 0 Å². The summed E-state index contributed by atoms with van der Waals surface area (Å²) >= 11 is 0. The molecule has 4 aromatic carbocycles. The average molecular weight is 958 g/mol. The molecule has 1 unspecified atom stereocenters. The summed E-state index contributed by atoms with van der Waals surface area (Å²) in [5, 5.41) is 12.4. The van der Waals surface area contributed by atoms with E-state index in [0.717, 1.165) is 22.3 Å². The van der Waals surface area contributed by atoms with E-state index < -0.39 is 32.6 Å². The number of ether oxygens (including phenoxy) is 5. The van der Waals surface area contributed by atoms with Crippen LogP contribution in [0.2, 0.25) is 0 Å². The minimum atomic E-state index is -1.69. The number of aromatic nitrogens is 4. The van der Waals surface area contributed by atoms with Crippen LogP contribution in [0.25, 0.3) is 11.2 Å². The second kappa shape index (κ2) is 23.9. The molecule has 2 aromatic heterocycles. The van der Waals surface area contributed by atoms with E-state index >= 15 is 0 Å². The number of anilines is 1. The first-order chi connectivity index (χ1) is 33.5. The molecule has 6 aromatic rings. The highest BCUT2D eigenvalue weighted by Gasteiger charge is 2.45. The number of imidazole rings is 1. The molecule has 0 aliphatic carbocycles. The number of rotatable bonds is 24. The summed E-state index contributed by atoms with van der Waals surface area (Å²) in [6.07, 6.45) is 2.55. The van der Waals surface area contributed by atoms with Gasteiger partial charge in [-0.15, -0.1) is 0 Å². The van der Waals surface area contributed by atoms with Crippen molar-refractivity contribution in [1.82, 2.24) is 24.2 Å². The van der Waals surface area contributed by atoms with E-state index in [9.17, 15) is 14.9 Å². The van der Waals surface area contributed by atoms with Gasteiger partial charge in [0.1, 0.15) is 42.4 Å². The van der Waals surface area contributed by atoms with E-state index in [2.05, 4.69) is 53.7 Å². The highest BCUT2D eigenvalue weighted by Crippen LogP contribution is 2.51. The zero-order chi connectivity index (χ0) is 48.9. The van der Waals surface area contributed by atoms with Gasteiger partial charge in [0.05, 0.1) is 52.4 Å². The van der Waals surface area contributed by atoms with Crippen LogP contribution in [0, 0.1) is 11.3 Å². The van der Waals surface area contributed by atoms with Gasteiger partial charge in [0.15, 0.2) is 22.8 Å². The van der Waals surface area contributed by atoms with Gasteiger partial charge in [-0.1, -0.05) is 66.7 Å². The monoisotopic (exact) mass is 957 g/mol. The topological polar surface area (TPSA) is 181 Å². The van der Waals surface area contributed by atoms with Crippen molar-refractivity contribution in [2.24, 2.45) is 0 Å². The maximum atomic E-state index is 13.6. The molecule has 3 heterocycles. The van der Waals surface area contributed by atoms with Crippen molar-refractivity contribution < 1.29 is 42.3 Å². The van der Waals surface area contributed by atoms with Crippen molar-refractivity contribution in [1.29, 1.82) is 5.26 Å². The van der Waals surface area contributed by atoms with E-state index in [0.29, 0.717) is 47.5 Å². The zero-order valence-corrected chi connectivity index (χ0v) is 41.0. The van der Waals surface area contributed by atoms with Gasteiger partial charge >= 0.3 is 0 Å². The maximum Gasteiger partial charge on any atom is 0.259 e. The number of carbonyl (C=O) groups is 2. The van der Waals surface area contributed by atoms with Crippen LogP contribution in [0.1, 0.15) is 85.8 Å². The fourth-order valence-electron chi connectivity index (χ4n) is 8.50. The maximum absolute atomic E-state index is 13.6. The fourth-order valence-corrected chi connectivity index (χ4v) is 10.3. The molecule has 16 nitrogen and oxygen atoms in total. The van der Waals surface area contributed by atoms with E-state index in [4.69, 9.17) is 37.7 Å². The molecule has 7 rings (SSSR count). The molecular weight excluding hydrogens is 898 g/mol. The van der Waals surface area contributed by atoms with E-state index in [1.54, 1.807) is 32.7 Å². The van der Waals surface area contributed by atoms with Gasteiger partial charge in [0, 0.05) is 37.6 Å². The number of aryl methyl sites for hydroxylation is 1. The molecule has 69 heavy (non-hydrogen) atoms. The Morgan fingerprint density at radius 1 is 0.870 bits per heavy atom. The lowest BCUT2D eigenvalue weighted by molar-refractivity contribution is -0.122. The van der Waals surface area contributed by atoms with Gasteiger partial charge in [-0.25, -0.2) is 19.6 Å². The molecule has 0 saturated carbocycles. The number of nitriles is 1. The molecule has 1 N–H and O–H groups in total. The quantitative estimate of drug-likeness (QED) is 0.0344. The third-order valence-electron chi connectivity index (χ3n) is 11.8. The molecular formula is C52H60N7O9P. The Hall–Kier alpha value is -6.15. The fraction of sp³-hybridized carbons (Fsp3) is 0.385. The van der Waals surface area contributed by atoms with Crippen LogP contribution in [0.4, 0.5) is 5.82 Å². The van der Waals surface area contributed by atoms with Crippen LogP contribution < -0.4 is 14.8 Å². The van der Waals surface area contributed by atoms with Crippen LogP contribution in [-0.4, -0.2) is 101 Å². The van der Waals surface area contributed by atoms with Crippen molar-refractivity contribution in [2.75, 3.05) is 46.5 Å². The molecule has 0 spiro atoms. The standard InChI is InChI=1S/C52H60N7O9P/c1-35(2)59(36(3)4)69(66-29-11-28-53)68-45-30-47(58-34-56-48-49(54-33-55-50(48)58)57-51(61)38-17-14-37(15-18-38)16-23-42(60)31-62-5)67-46(45)32-65-52(39-12-9-8-10-13-39,40-19-24-43(63-6)25-20-40)41-21-26-44(64-7)27-22-41/h8-10,12-15,17-22,24-27,33-36,45-47H,11,16,23,29-32H2,1-7H3,(H,54,55,57,61)/t45-,46-,47-,69?/m1/s1. The Balaban J connectivity index is 1.23. The van der Waals surface area contributed by atoms with Crippen molar-refractivity contribution >= 4 is 37.2 Å². The lowest BCUT2D eigenvalue weighted by Gasteiger charge is -2.39. The molecule has 0 radical (unpaired) electrons. The smallest absolute Gasteiger partial charge is 0.259 e. The van der Waals surface area contributed by atoms with Crippen LogP contribution in [-0.2, 0) is 40.1 Å². The molecule has 1 saturated heterocycles. The van der Waals surface area contributed by atoms with Gasteiger partial charge < -0.3 is 38.0 Å². The summed E-state index contributed by atoms with van der Waals surface area (Å²) in [4.78, 5) is 39.3. The summed E-state index contributed by atoms with van der Waals surface area (Å²) in [6.45, 7) is 8.70. The molecule has 1 aliphatic heterocycles. The first-order valence-corrected chi connectivity index (χ1v) is 24.1. The Bertz CT molecular complexity index is 2590. The van der Waals surface area contributed by atoms with Crippen molar-refractivity contribution in [3.8, 4) is 17.6 Å². The number of carbonyl (C=O) groups excluding carboxylic acids is 2. The minimum Gasteiger partial charge on any atom is -0.497 e. The van der Waals surface area contributed by atoms with Crippen molar-refractivity contribution in [3.05, 3.63) is 144 Å². The Labute approximate surface area is 404 Å². The predicted octanol–water partition coefficient (Wildman–Crippen LogP) is 9.20. The average Bonchev–Trinajstić information content (AvgIpc) is 3.99. The third-order valence-corrected chi connectivity index (χ3v) is 14.0. The number of nitrogens with zero attached hydrogens (tertiary/aromatic N) is 6. The van der Waals surface area contributed by atoms with Crippen molar-refractivity contribution in [3.63, 3.8) is 0 Å². The highest BCUT2D eigenvalue weighted by atomic mass is 31.2. The highest BCUT2D eigenvalue weighted by molar-refractivity contribution is 7.44. The molecule has 1 amide bonds. The first kappa shape index (κ1) is 50.7. The number of amides is 1. The van der Waals surface area contributed by atoms with Crippen LogP contribution in [0.5, 0.6) is 11.5 Å². The van der Waals surface area contributed by atoms with Gasteiger partial charge in [-0.05, 0) is 92.8 Å². The largest absolute Gasteiger partial charge is 0.497 e. The van der Waals surface area contributed by atoms with Gasteiger partial charge in [-0.3, -0.25) is 14.2 Å². The zero-order valence-electron chi connectivity index (χ0n) is 40.1. The van der Waals surface area contributed by atoms with E-state index in [-0.39, 0.29) is 55.8 Å². The predicted molar refractivity (Wildman–Crippen MR) is 262 cm³/mol. The summed E-state index contributed by atoms with van der Waals surface area (Å²) < 4.78 is 48.0. The van der Waals surface area contributed by atoms with Crippen molar-refractivity contribution in [2.45, 2.75) is 89.5 Å². The van der Waals surface area contributed by atoms with E-state index in [1.807, 2.05) is 95.6 Å². The molecule has 362 valence electrons. The SMILES string of the molecule is COCC(=O)CCc1ccc(C(=O)Nc2ncnc3c2ncn3[C@H]2C[C@@H](OP(OCCC#N)N(C(C)C)C(C)C)[C@@H](COC(c3ccccc3)(c3ccc(OC)cc3)c3ccc(OC)cc3)O2)cc1. The molecule has 1 aliphatic rings. The van der Waals surface area contributed by atoms with Crippen LogP contribution in [0.3, 0.4) is 0 Å². The van der Waals surface area contributed by atoms with E-state index in [1.165, 1.54) is 13.4 Å². The van der Waals surface area contributed by atoms with Gasteiger partial charge in [0.25, 0.3) is 14.4 Å². The third kappa shape index (κ3) is 12.0. The summed E-state index contributed by atoms with van der Waals surface area (Å²) in [6, 6.07) is 35.1. The first-order valence-electron chi connectivity index (χ1n) is 23.0. The number of ketones is 1. The number of fused-ring (bicyclic) bond motifs is 1. The number of hydrogen-bond acceptors (Lipinski definition) is 14. The number of benzene rings is 4. The summed E-state index contributed by atoms with van der Waals surface area (Å²) in [5.74, 6) is 1.26.